The van der Waals surface area contributed by atoms with Crippen LogP contribution >= 0.6 is 0 Å². The fourth-order valence-electron chi connectivity index (χ4n) is 3.56. The number of aryl methyl sites for hydroxylation is 1. The minimum atomic E-state index is 0.0296. The molecule has 2 aromatic rings. The Morgan fingerprint density at radius 2 is 2.00 bits per heavy atom. The van der Waals surface area contributed by atoms with Gasteiger partial charge in [-0.3, -0.25) is 4.79 Å². The van der Waals surface area contributed by atoms with Crippen LogP contribution < -0.4 is 9.47 Å². The molecule has 4 heteroatoms. The summed E-state index contributed by atoms with van der Waals surface area (Å²) in [5.74, 6) is 1.95. The first-order valence-corrected chi connectivity index (χ1v) is 8.39. The van der Waals surface area contributed by atoms with E-state index in [-0.39, 0.29) is 5.91 Å². The minimum Gasteiger partial charge on any atom is -0.493 e. The van der Waals surface area contributed by atoms with Gasteiger partial charge >= 0.3 is 0 Å². The number of carbonyl (C=O) groups excluding carboxylic acids is 1. The quantitative estimate of drug-likeness (QED) is 0.871. The lowest BCUT2D eigenvalue weighted by Gasteiger charge is -2.21. The Balaban J connectivity index is 1.65. The van der Waals surface area contributed by atoms with Gasteiger partial charge in [0.15, 0.2) is 0 Å². The van der Waals surface area contributed by atoms with Crippen LogP contribution in [0.25, 0.3) is 0 Å². The van der Waals surface area contributed by atoms with Crippen LogP contribution in [0.1, 0.15) is 32.6 Å². The van der Waals surface area contributed by atoms with E-state index >= 15 is 0 Å². The van der Waals surface area contributed by atoms with Crippen molar-refractivity contribution in [3.8, 4) is 11.5 Å². The van der Waals surface area contributed by atoms with Crippen molar-refractivity contribution in [1.29, 1.82) is 0 Å². The first kappa shape index (κ1) is 15.1. The lowest BCUT2D eigenvalue weighted by molar-refractivity contribution is 0.0784. The van der Waals surface area contributed by atoms with E-state index in [0.29, 0.717) is 19.8 Å². The van der Waals surface area contributed by atoms with Crippen molar-refractivity contribution in [3.63, 3.8) is 0 Å². The Bertz CT molecular complexity index is 781. The Labute approximate surface area is 142 Å². The summed E-state index contributed by atoms with van der Waals surface area (Å²) in [6.45, 7) is 3.96. The molecule has 0 unspecified atom stereocenters. The summed E-state index contributed by atoms with van der Waals surface area (Å²) in [6, 6.07) is 9.82. The summed E-state index contributed by atoms with van der Waals surface area (Å²) in [7, 11) is 1.85. The summed E-state index contributed by atoms with van der Waals surface area (Å²) in [4.78, 5) is 14.5. The van der Waals surface area contributed by atoms with E-state index in [1.54, 1.807) is 4.90 Å². The maximum atomic E-state index is 12.8. The van der Waals surface area contributed by atoms with E-state index in [9.17, 15) is 4.79 Å². The van der Waals surface area contributed by atoms with Gasteiger partial charge in [-0.15, -0.1) is 0 Å². The summed E-state index contributed by atoms with van der Waals surface area (Å²) in [6.07, 6.45) is 1.79. The molecule has 2 aliphatic heterocycles. The number of hydrogen-bond acceptors (Lipinski definition) is 3. The smallest absolute Gasteiger partial charge is 0.253 e. The number of amides is 1. The Hall–Kier alpha value is -2.49. The van der Waals surface area contributed by atoms with Crippen LogP contribution in [0.3, 0.4) is 0 Å². The van der Waals surface area contributed by atoms with Gasteiger partial charge in [-0.2, -0.15) is 0 Å². The third-order valence-electron chi connectivity index (χ3n) is 4.77. The molecule has 2 aliphatic rings. The molecule has 0 saturated carbocycles. The fraction of sp³-hybridized carbons (Fsp3) is 0.350. The van der Waals surface area contributed by atoms with Crippen LogP contribution in [0.5, 0.6) is 11.5 Å². The van der Waals surface area contributed by atoms with E-state index in [2.05, 4.69) is 6.07 Å². The molecule has 4 rings (SSSR count). The Morgan fingerprint density at radius 3 is 2.83 bits per heavy atom. The van der Waals surface area contributed by atoms with Crippen LogP contribution in [0, 0.1) is 6.92 Å². The summed E-state index contributed by atoms with van der Waals surface area (Å²) < 4.78 is 11.6. The maximum absolute atomic E-state index is 12.8. The summed E-state index contributed by atoms with van der Waals surface area (Å²) in [5.41, 5.74) is 5.31. The monoisotopic (exact) mass is 323 g/mol. The number of ether oxygens (including phenoxy) is 2. The number of carbonyl (C=O) groups is 1. The molecule has 0 bridgehead atoms. The molecule has 0 saturated heterocycles. The molecule has 124 valence electrons. The van der Waals surface area contributed by atoms with Gasteiger partial charge in [0.25, 0.3) is 5.91 Å². The first-order valence-electron chi connectivity index (χ1n) is 8.39. The average Bonchev–Trinajstić information content (AvgIpc) is 3.22. The second-order valence-corrected chi connectivity index (χ2v) is 6.55. The minimum absolute atomic E-state index is 0.0296. The molecule has 0 fully saturated rings. The van der Waals surface area contributed by atoms with Crippen LogP contribution in [0.2, 0.25) is 0 Å². The number of fused-ring (bicyclic) bond motifs is 2. The molecule has 0 aliphatic carbocycles. The Kier molecular flexibility index (Phi) is 3.68. The van der Waals surface area contributed by atoms with Crippen LogP contribution in [-0.2, 0) is 19.4 Å². The fourth-order valence-corrected chi connectivity index (χ4v) is 3.56. The third-order valence-corrected chi connectivity index (χ3v) is 4.77. The van der Waals surface area contributed by atoms with Gasteiger partial charge in [-0.05, 0) is 25.1 Å². The standard InChI is InChI=1S/C20H21NO3/c1-13-4-3-5-15(10-13)20(22)21(2)12-17-16-7-9-23-18(16)11-14-6-8-24-19(14)17/h3-5,10-11H,6-9,12H2,1-2H3. The molecule has 24 heavy (non-hydrogen) atoms. The van der Waals surface area contributed by atoms with E-state index < -0.39 is 0 Å². The van der Waals surface area contributed by atoms with E-state index in [1.807, 2.05) is 38.2 Å². The zero-order valence-corrected chi connectivity index (χ0v) is 14.1. The molecule has 0 N–H and O–H groups in total. The highest BCUT2D eigenvalue weighted by Crippen LogP contribution is 2.41. The third kappa shape index (κ3) is 2.52. The van der Waals surface area contributed by atoms with Crippen molar-refractivity contribution in [1.82, 2.24) is 4.90 Å². The van der Waals surface area contributed by atoms with Crippen LogP contribution in [-0.4, -0.2) is 31.1 Å². The van der Waals surface area contributed by atoms with Gasteiger partial charge in [0.2, 0.25) is 0 Å². The second kappa shape index (κ2) is 5.86. The summed E-state index contributed by atoms with van der Waals surface area (Å²) in [5, 5.41) is 0. The number of benzene rings is 2. The van der Waals surface area contributed by atoms with E-state index in [0.717, 1.165) is 41.0 Å². The molecule has 0 atom stereocenters. The normalized spacial score (nSPS) is 14.6. The largest absolute Gasteiger partial charge is 0.493 e. The average molecular weight is 323 g/mol. The van der Waals surface area contributed by atoms with Crippen molar-refractivity contribution in [2.75, 3.05) is 20.3 Å². The van der Waals surface area contributed by atoms with Gasteiger partial charge in [-0.1, -0.05) is 17.7 Å². The van der Waals surface area contributed by atoms with Crippen LogP contribution in [0.4, 0.5) is 0 Å². The van der Waals surface area contributed by atoms with Crippen molar-refractivity contribution < 1.29 is 14.3 Å². The Morgan fingerprint density at radius 1 is 1.17 bits per heavy atom. The zero-order chi connectivity index (χ0) is 16.7. The second-order valence-electron chi connectivity index (χ2n) is 6.55. The highest BCUT2D eigenvalue weighted by atomic mass is 16.5. The zero-order valence-electron chi connectivity index (χ0n) is 14.1. The van der Waals surface area contributed by atoms with Crippen molar-refractivity contribution in [2.24, 2.45) is 0 Å². The molecule has 1 amide bonds. The van der Waals surface area contributed by atoms with E-state index in [4.69, 9.17) is 9.47 Å². The first-order chi connectivity index (χ1) is 11.6. The number of rotatable bonds is 3. The lowest BCUT2D eigenvalue weighted by atomic mass is 9.99. The molecular weight excluding hydrogens is 302 g/mol. The van der Waals surface area contributed by atoms with Gasteiger partial charge < -0.3 is 14.4 Å². The topological polar surface area (TPSA) is 38.8 Å². The highest BCUT2D eigenvalue weighted by Gasteiger charge is 2.27. The molecule has 0 radical (unpaired) electrons. The van der Waals surface area contributed by atoms with Gasteiger partial charge in [0, 0.05) is 48.7 Å². The van der Waals surface area contributed by atoms with Crippen LogP contribution in [0.15, 0.2) is 30.3 Å². The summed E-state index contributed by atoms with van der Waals surface area (Å²) >= 11 is 0. The lowest BCUT2D eigenvalue weighted by Crippen LogP contribution is -2.27. The van der Waals surface area contributed by atoms with Gasteiger partial charge in [-0.25, -0.2) is 0 Å². The molecule has 4 nitrogen and oxygen atoms in total. The SMILES string of the molecule is Cc1cccc(C(=O)N(C)Cc2c3c(cc4c2OCC4)OCC3)c1. The number of hydrogen-bond donors (Lipinski definition) is 0. The predicted molar refractivity (Wildman–Crippen MR) is 91.8 cm³/mol. The van der Waals surface area contributed by atoms with Crippen molar-refractivity contribution in [2.45, 2.75) is 26.3 Å². The van der Waals surface area contributed by atoms with Gasteiger partial charge in [0.1, 0.15) is 11.5 Å². The van der Waals surface area contributed by atoms with Crippen molar-refractivity contribution in [3.05, 3.63) is 58.1 Å². The van der Waals surface area contributed by atoms with Crippen molar-refractivity contribution >= 4 is 5.91 Å². The molecule has 0 spiro atoms. The molecule has 0 aromatic heterocycles. The predicted octanol–water partition coefficient (Wildman–Crippen LogP) is 3.14. The molecule has 2 aromatic carbocycles. The van der Waals surface area contributed by atoms with Gasteiger partial charge in [0.05, 0.1) is 13.2 Å². The highest BCUT2D eigenvalue weighted by molar-refractivity contribution is 5.94. The molecule has 2 heterocycles. The maximum Gasteiger partial charge on any atom is 0.253 e. The molecular formula is C20H21NO3. The number of nitrogens with zero attached hydrogens (tertiary/aromatic N) is 1. The van der Waals surface area contributed by atoms with E-state index in [1.165, 1.54) is 11.1 Å².